The van der Waals surface area contributed by atoms with E-state index in [0.717, 1.165) is 0 Å². The first-order valence-corrected chi connectivity index (χ1v) is 18.3. The van der Waals surface area contributed by atoms with Crippen LogP contribution in [0.3, 0.4) is 0 Å². The third-order valence-corrected chi connectivity index (χ3v) is 6.28. The number of halogens is 4. The minimum absolute atomic E-state index is 0.313. The van der Waals surface area contributed by atoms with Crippen LogP contribution in [0.1, 0.15) is 0 Å². The van der Waals surface area contributed by atoms with Gasteiger partial charge >= 0.3 is 0 Å². The van der Waals surface area contributed by atoms with Crippen molar-refractivity contribution in [2.45, 2.75) is 30.7 Å². The van der Waals surface area contributed by atoms with Gasteiger partial charge in [-0.1, -0.05) is 0 Å². The maximum atomic E-state index is 5.94. The van der Waals surface area contributed by atoms with Crippen LogP contribution in [0.25, 0.3) is 0 Å². The van der Waals surface area contributed by atoms with Crippen LogP contribution >= 0.6 is 122 Å². The van der Waals surface area contributed by atoms with E-state index in [2.05, 4.69) is 63.6 Å². The molecule has 14 heteroatoms. The summed E-state index contributed by atoms with van der Waals surface area (Å²) in [5.41, 5.74) is 0. The number of ether oxygens (including phenoxy) is 2. The van der Waals surface area contributed by atoms with Crippen LogP contribution in [0.5, 0.6) is 0 Å². The van der Waals surface area contributed by atoms with Gasteiger partial charge in [-0.3, -0.25) is 12.5 Å². The van der Waals surface area contributed by atoms with Crippen molar-refractivity contribution in [1.29, 1.82) is 0 Å². The summed E-state index contributed by atoms with van der Waals surface area (Å²) in [5.74, 6) is 0. The Morgan fingerprint density at radius 1 is 0.857 bits per heavy atom. The van der Waals surface area contributed by atoms with Gasteiger partial charge in [-0.2, -0.15) is 0 Å². The zero-order valence-corrected chi connectivity index (χ0v) is 22.1. The van der Waals surface area contributed by atoms with Crippen LogP contribution in [0.4, 0.5) is 0 Å². The fraction of sp³-hybridized carbons (Fsp3) is 1.00. The van der Waals surface area contributed by atoms with E-state index in [-0.39, 0.29) is 18.3 Å². The molecule has 1 aliphatic rings. The summed E-state index contributed by atoms with van der Waals surface area (Å²) in [6, 6.07) is 0. The molecule has 0 radical (unpaired) electrons. The average Bonchev–Trinajstić information content (AvgIpc) is 2.49. The predicted molar refractivity (Wildman–Crippen MR) is 123 cm³/mol. The van der Waals surface area contributed by atoms with Gasteiger partial charge in [0.05, 0.1) is 43.5 Å². The zero-order valence-electron chi connectivity index (χ0n) is 10.2. The Morgan fingerprint density at radius 3 is 2.00 bits per heavy atom. The highest BCUT2D eigenvalue weighted by molar-refractivity contribution is 14.2. The van der Waals surface area contributed by atoms with Crippen molar-refractivity contribution in [3.8, 4) is 0 Å². The fourth-order valence-electron chi connectivity index (χ4n) is 1.79. The lowest BCUT2D eigenvalue weighted by atomic mass is 9.99. The van der Waals surface area contributed by atoms with Crippen molar-refractivity contribution in [3.05, 3.63) is 0 Å². The molecule has 1 aliphatic heterocycles. The second-order valence-corrected chi connectivity index (χ2v) is 9.13. The molecule has 0 amide bonds. The van der Waals surface area contributed by atoms with Crippen LogP contribution in [0.15, 0.2) is 0 Å². The van der Waals surface area contributed by atoms with Crippen molar-refractivity contribution in [2.24, 2.45) is 0 Å². The molecule has 1 saturated heterocycles. The van der Waals surface area contributed by atoms with Gasteiger partial charge in [0.1, 0.15) is 18.3 Å². The Kier molecular flexibility index (Phi) is 15.6. The minimum Gasteiger partial charge on any atom is -0.376 e. The molecule has 21 heavy (non-hydrogen) atoms. The molecule has 0 unspecified atom stereocenters. The first kappa shape index (κ1) is 23.1. The van der Waals surface area contributed by atoms with Crippen molar-refractivity contribution in [3.63, 3.8) is 0 Å². The molecular formula is C7H10I4O6S4. The van der Waals surface area contributed by atoms with E-state index in [1.54, 1.807) is 7.11 Å². The Morgan fingerprint density at radius 2 is 1.48 bits per heavy atom. The molecule has 126 valence electrons. The van der Waals surface area contributed by atoms with Crippen LogP contribution in [-0.4, -0.2) is 44.4 Å². The predicted octanol–water partition coefficient (Wildman–Crippen LogP) is 5.52. The molecule has 0 aromatic carbocycles. The van der Waals surface area contributed by atoms with E-state index < -0.39 is 12.4 Å². The number of methoxy groups -OCH3 is 1. The second kappa shape index (κ2) is 14.2. The van der Waals surface area contributed by atoms with E-state index in [4.69, 9.17) is 26.2 Å². The SMILES string of the molecule is CO[C@@H]1[C@@H](OSI)[C@@H](OSI)O[C@H](COSI)[C@H]1OSI. The van der Waals surface area contributed by atoms with Crippen LogP contribution < -0.4 is 0 Å². The van der Waals surface area contributed by atoms with Gasteiger partial charge in [-0.05, 0) is 0 Å². The van der Waals surface area contributed by atoms with Gasteiger partial charge in [0, 0.05) is 91.9 Å². The quantitative estimate of drug-likeness (QED) is 0.208. The van der Waals surface area contributed by atoms with E-state index >= 15 is 0 Å². The molecule has 1 heterocycles. The number of hydrogen-bond donors (Lipinski definition) is 0. The Hall–Kier alpha value is 4.08. The van der Waals surface area contributed by atoms with Gasteiger partial charge in [0.15, 0.2) is 6.10 Å². The Labute approximate surface area is 189 Å². The molecule has 1 fully saturated rings. The molecule has 6 nitrogen and oxygen atoms in total. The zero-order chi connectivity index (χ0) is 15.7. The number of rotatable bonds is 10. The smallest absolute Gasteiger partial charge is 0.202 e. The van der Waals surface area contributed by atoms with Gasteiger partial charge in [-0.25, -0.2) is 0 Å². The van der Waals surface area contributed by atoms with Gasteiger partial charge in [-0.15, -0.1) is 0 Å². The van der Waals surface area contributed by atoms with Gasteiger partial charge in [0.2, 0.25) is 6.29 Å². The van der Waals surface area contributed by atoms with Crippen LogP contribution in [-0.2, 0) is 26.2 Å². The van der Waals surface area contributed by atoms with Crippen LogP contribution in [0, 0.1) is 0 Å². The standard InChI is InChI=1S/C7H10I4O6S4/c1-12-5-4(15-19-9)3(2-13-18-8)14-7(17-21-11)6(5)16-20-10/h3-7H,2H2,1H3/t3-,4-,5+,6-,7-/m1/s1. The first-order valence-electron chi connectivity index (χ1n) is 5.14. The summed E-state index contributed by atoms with van der Waals surface area (Å²) in [6.07, 6.45) is -1.94. The molecule has 0 aromatic rings. The lowest BCUT2D eigenvalue weighted by Crippen LogP contribution is -2.60. The highest BCUT2D eigenvalue weighted by Crippen LogP contribution is 2.37. The monoisotopic (exact) mass is 826 g/mol. The third kappa shape index (κ3) is 7.69. The molecule has 0 saturated carbocycles. The van der Waals surface area contributed by atoms with Gasteiger partial charge in [0.25, 0.3) is 0 Å². The van der Waals surface area contributed by atoms with Crippen molar-refractivity contribution < 1.29 is 26.2 Å². The highest BCUT2D eigenvalue weighted by atomic mass is 127. The van der Waals surface area contributed by atoms with Crippen molar-refractivity contribution in [1.82, 2.24) is 0 Å². The van der Waals surface area contributed by atoms with Crippen molar-refractivity contribution >= 4 is 122 Å². The Bertz CT molecular complexity index is 286. The summed E-state index contributed by atoms with van der Waals surface area (Å²) in [4.78, 5) is 0. The second-order valence-electron chi connectivity index (χ2n) is 3.50. The summed E-state index contributed by atoms with van der Waals surface area (Å²) < 4.78 is 33.8. The maximum Gasteiger partial charge on any atom is 0.202 e. The lowest BCUT2D eigenvalue weighted by Gasteiger charge is -2.43. The third-order valence-electron chi connectivity index (χ3n) is 2.57. The maximum absolute atomic E-state index is 5.94. The number of hydrogen-bond acceptors (Lipinski definition) is 10. The summed E-state index contributed by atoms with van der Waals surface area (Å²) in [5, 5.41) is 0. The minimum atomic E-state index is -0.564. The van der Waals surface area contributed by atoms with E-state index in [1.807, 2.05) is 21.2 Å². The van der Waals surface area contributed by atoms with Crippen molar-refractivity contribution in [2.75, 3.05) is 13.7 Å². The molecule has 0 aromatic heterocycles. The summed E-state index contributed by atoms with van der Waals surface area (Å²) in [7, 11) is 6.51. The van der Waals surface area contributed by atoms with Gasteiger partial charge < -0.3 is 13.7 Å². The summed E-state index contributed by atoms with van der Waals surface area (Å²) >= 11 is 8.22. The topological polar surface area (TPSA) is 55.4 Å². The molecule has 0 N–H and O–H groups in total. The molecular weight excluding hydrogens is 816 g/mol. The molecule has 0 aliphatic carbocycles. The first-order chi connectivity index (χ1) is 10.2. The normalized spacial score (nSPS) is 33.3. The molecule has 1 rings (SSSR count). The van der Waals surface area contributed by atoms with E-state index in [1.165, 1.54) is 36.9 Å². The molecule has 0 bridgehead atoms. The Balaban J connectivity index is 2.89. The van der Waals surface area contributed by atoms with Crippen LogP contribution in [0.2, 0.25) is 0 Å². The van der Waals surface area contributed by atoms with E-state index in [0.29, 0.717) is 6.61 Å². The molecule has 5 atom stereocenters. The lowest BCUT2D eigenvalue weighted by molar-refractivity contribution is -0.260. The highest BCUT2D eigenvalue weighted by Gasteiger charge is 2.49. The summed E-state index contributed by atoms with van der Waals surface area (Å²) in [6.45, 7) is 0.366. The largest absolute Gasteiger partial charge is 0.376 e. The fourth-order valence-corrected chi connectivity index (χ4v) is 5.30. The van der Waals surface area contributed by atoms with E-state index in [9.17, 15) is 0 Å². The molecule has 0 spiro atoms. The average molecular weight is 826 g/mol.